The number of hydrogen-bond acceptors (Lipinski definition) is 5. The average Bonchev–Trinajstić information content (AvgIpc) is 3.00. The molecule has 1 aromatic heterocycles. The number of carbonyl (C=O) groups excluding carboxylic acids is 1. The largest absolute Gasteiger partial charge is 0.481 e. The molecule has 0 radical (unpaired) electrons. The van der Waals surface area contributed by atoms with Crippen molar-refractivity contribution < 1.29 is 19.4 Å². The molecule has 148 valence electrons. The van der Waals surface area contributed by atoms with Gasteiger partial charge in [-0.2, -0.15) is 4.98 Å². The quantitative estimate of drug-likeness (QED) is 0.851. The van der Waals surface area contributed by atoms with E-state index < -0.39 is 0 Å². The van der Waals surface area contributed by atoms with Crippen LogP contribution in [0.25, 0.3) is 0 Å². The summed E-state index contributed by atoms with van der Waals surface area (Å²) in [6.07, 6.45) is 1.80. The molecule has 2 aliphatic rings. The predicted molar refractivity (Wildman–Crippen MR) is 105 cm³/mol. The molecule has 1 saturated heterocycles. The van der Waals surface area contributed by atoms with Gasteiger partial charge in [0.2, 0.25) is 11.8 Å². The molecular weight excluding hydrogens is 358 g/mol. The first-order valence-corrected chi connectivity index (χ1v) is 9.49. The third-order valence-electron chi connectivity index (χ3n) is 6.03. The van der Waals surface area contributed by atoms with E-state index in [0.29, 0.717) is 37.0 Å². The molecule has 1 aliphatic heterocycles. The third kappa shape index (κ3) is 3.05. The summed E-state index contributed by atoms with van der Waals surface area (Å²) >= 11 is 0. The van der Waals surface area contributed by atoms with Crippen molar-refractivity contribution in [3.63, 3.8) is 0 Å². The Bertz CT molecular complexity index is 878. The number of aliphatic hydroxyl groups is 1. The molecule has 4 rings (SSSR count). The number of likely N-dealkylation sites (tertiary alicyclic amines) is 1. The van der Waals surface area contributed by atoms with Gasteiger partial charge in [-0.3, -0.25) is 0 Å². The van der Waals surface area contributed by atoms with Gasteiger partial charge in [-0.1, -0.05) is 24.3 Å². The maximum Gasteiger partial charge on any atom is 0.321 e. The summed E-state index contributed by atoms with van der Waals surface area (Å²) in [5, 5.41) is 13.6. The molecule has 2 aromatic rings. The molecule has 2 heterocycles. The molecule has 1 spiro atoms. The van der Waals surface area contributed by atoms with E-state index >= 15 is 0 Å². The van der Waals surface area contributed by atoms with Crippen molar-refractivity contribution in [1.82, 2.24) is 9.88 Å². The maximum absolute atomic E-state index is 12.8. The molecule has 1 fully saturated rings. The molecule has 1 unspecified atom stereocenters. The van der Waals surface area contributed by atoms with Gasteiger partial charge in [0.25, 0.3) is 0 Å². The number of ether oxygens (including phenoxy) is 2. The highest BCUT2D eigenvalue weighted by Gasteiger charge is 2.48. The Morgan fingerprint density at radius 3 is 2.64 bits per heavy atom. The van der Waals surface area contributed by atoms with Crippen LogP contribution in [-0.4, -0.2) is 54.4 Å². The van der Waals surface area contributed by atoms with Crippen LogP contribution >= 0.6 is 0 Å². The molecule has 0 saturated carbocycles. The zero-order valence-electron chi connectivity index (χ0n) is 16.1. The predicted octanol–water partition coefficient (Wildman–Crippen LogP) is 2.58. The Hall–Kier alpha value is -2.80. The minimum Gasteiger partial charge on any atom is -0.481 e. The summed E-state index contributed by atoms with van der Waals surface area (Å²) in [5.74, 6) is 0.727. The average molecular weight is 383 g/mol. The fraction of sp³-hybridized carbons (Fsp3) is 0.429. The van der Waals surface area contributed by atoms with Gasteiger partial charge in [-0.05, 0) is 36.5 Å². The smallest absolute Gasteiger partial charge is 0.321 e. The second kappa shape index (κ2) is 7.31. The van der Waals surface area contributed by atoms with Gasteiger partial charge >= 0.3 is 6.03 Å². The van der Waals surface area contributed by atoms with Crippen LogP contribution < -0.4 is 14.8 Å². The zero-order chi connectivity index (χ0) is 19.7. The summed E-state index contributed by atoms with van der Waals surface area (Å²) < 4.78 is 10.3. The number of methoxy groups -OCH3 is 2. The SMILES string of the molecule is COc1ccc(NC(=O)N2CCC3(CC2)c2ccccc2CC3O)c(OC)n1. The van der Waals surface area contributed by atoms with Gasteiger partial charge < -0.3 is 24.8 Å². The summed E-state index contributed by atoms with van der Waals surface area (Å²) in [4.78, 5) is 18.7. The Morgan fingerprint density at radius 2 is 1.93 bits per heavy atom. The number of aliphatic hydroxyl groups excluding tert-OH is 1. The third-order valence-corrected chi connectivity index (χ3v) is 6.03. The molecule has 2 N–H and O–H groups in total. The molecule has 1 aliphatic carbocycles. The summed E-state index contributed by atoms with van der Waals surface area (Å²) in [6.45, 7) is 1.17. The van der Waals surface area contributed by atoms with Crippen molar-refractivity contribution >= 4 is 11.7 Å². The van der Waals surface area contributed by atoms with E-state index in [0.717, 1.165) is 12.8 Å². The van der Waals surface area contributed by atoms with Crippen molar-refractivity contribution in [2.24, 2.45) is 0 Å². The van der Waals surface area contributed by atoms with E-state index in [1.165, 1.54) is 25.3 Å². The Labute approximate surface area is 164 Å². The number of pyridine rings is 1. The van der Waals surface area contributed by atoms with Gasteiger partial charge in [-0.25, -0.2) is 4.79 Å². The van der Waals surface area contributed by atoms with Crippen molar-refractivity contribution in [2.75, 3.05) is 32.6 Å². The number of nitrogens with one attached hydrogen (secondary N) is 1. The highest BCUT2D eigenvalue weighted by atomic mass is 16.5. The number of hydrogen-bond donors (Lipinski definition) is 2. The fourth-order valence-electron chi connectivity index (χ4n) is 4.46. The molecular formula is C21H25N3O4. The van der Waals surface area contributed by atoms with Crippen LogP contribution in [0.5, 0.6) is 11.8 Å². The van der Waals surface area contributed by atoms with Crippen molar-refractivity contribution in [3.8, 4) is 11.8 Å². The number of nitrogens with zero attached hydrogens (tertiary/aromatic N) is 2. The summed E-state index contributed by atoms with van der Waals surface area (Å²) in [5.41, 5.74) is 2.72. The number of piperidine rings is 1. The number of urea groups is 1. The summed E-state index contributed by atoms with van der Waals surface area (Å²) in [6, 6.07) is 11.5. The first kappa shape index (κ1) is 18.6. The number of rotatable bonds is 3. The van der Waals surface area contributed by atoms with Crippen LogP contribution in [0.2, 0.25) is 0 Å². The van der Waals surface area contributed by atoms with Crippen molar-refractivity contribution in [2.45, 2.75) is 30.8 Å². The van der Waals surface area contributed by atoms with E-state index in [-0.39, 0.29) is 17.6 Å². The van der Waals surface area contributed by atoms with Crippen LogP contribution in [0.1, 0.15) is 24.0 Å². The van der Waals surface area contributed by atoms with Gasteiger partial charge in [0, 0.05) is 24.6 Å². The Morgan fingerprint density at radius 1 is 1.18 bits per heavy atom. The zero-order valence-corrected chi connectivity index (χ0v) is 16.1. The molecule has 7 nitrogen and oxygen atoms in total. The van der Waals surface area contributed by atoms with Gasteiger partial charge in [-0.15, -0.1) is 0 Å². The lowest BCUT2D eigenvalue weighted by molar-refractivity contribution is 0.0531. The fourth-order valence-corrected chi connectivity index (χ4v) is 4.46. The van der Waals surface area contributed by atoms with E-state index in [9.17, 15) is 9.90 Å². The molecule has 2 amide bonds. The minimum absolute atomic E-state index is 0.194. The van der Waals surface area contributed by atoms with Crippen LogP contribution in [0.3, 0.4) is 0 Å². The van der Waals surface area contributed by atoms with E-state index in [2.05, 4.69) is 22.4 Å². The van der Waals surface area contributed by atoms with Crippen LogP contribution in [0, 0.1) is 0 Å². The topological polar surface area (TPSA) is 83.9 Å². The number of benzene rings is 1. The number of fused-ring (bicyclic) bond motifs is 2. The Kier molecular flexibility index (Phi) is 4.85. The van der Waals surface area contributed by atoms with E-state index in [1.807, 2.05) is 12.1 Å². The molecule has 28 heavy (non-hydrogen) atoms. The molecule has 0 bridgehead atoms. The lowest BCUT2D eigenvalue weighted by Gasteiger charge is -2.42. The number of aromatic nitrogens is 1. The van der Waals surface area contributed by atoms with Crippen molar-refractivity contribution in [1.29, 1.82) is 0 Å². The van der Waals surface area contributed by atoms with Crippen LogP contribution in [-0.2, 0) is 11.8 Å². The molecule has 1 atom stereocenters. The highest BCUT2D eigenvalue weighted by Crippen LogP contribution is 2.46. The van der Waals surface area contributed by atoms with Crippen molar-refractivity contribution in [3.05, 3.63) is 47.5 Å². The normalized spacial score (nSPS) is 20.0. The first-order chi connectivity index (χ1) is 13.6. The number of anilines is 1. The second-order valence-electron chi connectivity index (χ2n) is 7.36. The van der Waals surface area contributed by atoms with Crippen LogP contribution in [0.4, 0.5) is 10.5 Å². The van der Waals surface area contributed by atoms with Gasteiger partial charge in [0.1, 0.15) is 5.69 Å². The maximum atomic E-state index is 12.8. The molecule has 1 aromatic carbocycles. The standard InChI is InChI=1S/C21H25N3O4/c1-27-18-8-7-16(19(23-18)28-2)22-20(26)24-11-9-21(10-12-24)15-6-4-3-5-14(15)13-17(21)25/h3-8,17,25H,9-13H2,1-2H3,(H,22,26). The van der Waals surface area contributed by atoms with E-state index in [4.69, 9.17) is 9.47 Å². The first-order valence-electron chi connectivity index (χ1n) is 9.49. The highest BCUT2D eigenvalue weighted by molar-refractivity contribution is 5.90. The lowest BCUT2D eigenvalue weighted by Crippen LogP contribution is -2.50. The molecule has 7 heteroatoms. The summed E-state index contributed by atoms with van der Waals surface area (Å²) in [7, 11) is 3.03. The minimum atomic E-state index is -0.388. The lowest BCUT2D eigenvalue weighted by atomic mass is 9.72. The van der Waals surface area contributed by atoms with Gasteiger partial charge in [0.05, 0.1) is 20.3 Å². The Balaban J connectivity index is 1.45. The van der Waals surface area contributed by atoms with E-state index in [1.54, 1.807) is 17.0 Å². The number of carbonyl (C=O) groups is 1. The monoisotopic (exact) mass is 383 g/mol. The van der Waals surface area contributed by atoms with Crippen LogP contribution in [0.15, 0.2) is 36.4 Å². The number of amides is 2. The second-order valence-corrected chi connectivity index (χ2v) is 7.36. The van der Waals surface area contributed by atoms with Gasteiger partial charge in [0.15, 0.2) is 0 Å².